The molecule has 0 aliphatic carbocycles. The predicted molar refractivity (Wildman–Crippen MR) is 107 cm³/mol. The monoisotopic (exact) mass is 355 g/mol. The first-order chi connectivity index (χ1) is 11.2. The Bertz CT molecular complexity index is 454. The van der Waals surface area contributed by atoms with Gasteiger partial charge in [-0.05, 0) is 50.2 Å². The maximum Gasteiger partial charge on any atom is 0.127 e. The Kier molecular flexibility index (Phi) is 12.3. The van der Waals surface area contributed by atoms with Gasteiger partial charge < -0.3 is 5.11 Å². The minimum atomic E-state index is -1.12. The summed E-state index contributed by atoms with van der Waals surface area (Å²) in [4.78, 5) is 0.835. The molecule has 0 aromatic rings. The molecule has 0 amide bonds. The molecule has 1 N–H and O–H groups in total. The second kappa shape index (κ2) is 12.6. The zero-order valence-electron chi connectivity index (χ0n) is 16.6. The van der Waals surface area contributed by atoms with E-state index in [9.17, 15) is 9.32 Å². The Hall–Kier alpha value is -0.710. The summed E-state index contributed by atoms with van der Waals surface area (Å²) in [7, 11) is -1.12. The summed E-state index contributed by atoms with van der Waals surface area (Å²) >= 11 is 0. The summed E-state index contributed by atoms with van der Waals surface area (Å²) in [6, 6.07) is 0. The van der Waals surface area contributed by atoms with Gasteiger partial charge in [0.2, 0.25) is 0 Å². The first-order valence-electron chi connectivity index (χ1n) is 9.08. The normalized spacial score (nSPS) is 19.8. The van der Waals surface area contributed by atoms with Crippen molar-refractivity contribution < 1.29 is 9.32 Å². The second-order valence-corrected chi connectivity index (χ2v) is 8.60. The van der Waals surface area contributed by atoms with Crippen LogP contribution in [0, 0.1) is 11.8 Å². The second-order valence-electron chi connectivity index (χ2n) is 7.11. The average Bonchev–Trinajstić information content (AvgIpc) is 2.51. The van der Waals surface area contributed by atoms with Crippen molar-refractivity contribution in [2.24, 2.45) is 11.8 Å². The zero-order valence-corrected chi connectivity index (χ0v) is 17.4. The van der Waals surface area contributed by atoms with Gasteiger partial charge in [0.1, 0.15) is 11.0 Å². The van der Waals surface area contributed by atoms with Gasteiger partial charge in [0.15, 0.2) is 0 Å². The van der Waals surface area contributed by atoms with Crippen molar-refractivity contribution >= 4 is 11.0 Å². The highest BCUT2D eigenvalue weighted by Crippen LogP contribution is 2.18. The van der Waals surface area contributed by atoms with Crippen LogP contribution >= 0.6 is 0 Å². The molecule has 1 atom stereocenters. The van der Waals surface area contributed by atoms with Gasteiger partial charge in [-0.3, -0.25) is 0 Å². The standard InChI is InChI=1S/C16H27NO2S.C4H10/c1-5-14(13(3)4)7-8-16(6-2)20(19)17-11-9-15(18)10-12-17;1-4(2)3/h5-8,13,15,18H,9-12H2,1-4H3;4H,1-3H3/b8-7-,14-5+,16-6+;. The molecule has 1 heterocycles. The molecule has 0 radical (unpaired) electrons. The van der Waals surface area contributed by atoms with Gasteiger partial charge >= 0.3 is 0 Å². The summed E-state index contributed by atoms with van der Waals surface area (Å²) in [5.74, 6) is 1.30. The Morgan fingerprint density at radius 2 is 1.54 bits per heavy atom. The van der Waals surface area contributed by atoms with Gasteiger partial charge in [-0.1, -0.05) is 52.8 Å². The van der Waals surface area contributed by atoms with E-state index in [1.807, 2.05) is 30.3 Å². The third kappa shape index (κ3) is 9.55. The lowest BCUT2D eigenvalue weighted by atomic mass is 10.0. The molecule has 1 aliphatic rings. The van der Waals surface area contributed by atoms with Gasteiger partial charge in [-0.15, -0.1) is 0 Å². The van der Waals surface area contributed by atoms with Crippen molar-refractivity contribution in [1.82, 2.24) is 4.31 Å². The van der Waals surface area contributed by atoms with Crippen molar-refractivity contribution in [3.63, 3.8) is 0 Å². The molecule has 0 bridgehead atoms. The molecule has 0 aromatic carbocycles. The highest BCUT2D eigenvalue weighted by Gasteiger charge is 2.22. The summed E-state index contributed by atoms with van der Waals surface area (Å²) in [5, 5.41) is 9.51. The van der Waals surface area contributed by atoms with Crippen LogP contribution in [0.2, 0.25) is 0 Å². The minimum absolute atomic E-state index is 0.233. The van der Waals surface area contributed by atoms with Gasteiger partial charge in [0.05, 0.1) is 11.0 Å². The molecule has 1 rings (SSSR count). The maximum absolute atomic E-state index is 12.5. The molecule has 24 heavy (non-hydrogen) atoms. The molecule has 1 fully saturated rings. The quantitative estimate of drug-likeness (QED) is 0.717. The molecule has 0 saturated carbocycles. The van der Waals surface area contributed by atoms with Crippen molar-refractivity contribution in [3.05, 3.63) is 34.8 Å². The van der Waals surface area contributed by atoms with Gasteiger partial charge in [-0.2, -0.15) is 0 Å². The van der Waals surface area contributed by atoms with E-state index < -0.39 is 11.0 Å². The first-order valence-corrected chi connectivity index (χ1v) is 10.2. The number of nitrogens with zero attached hydrogens (tertiary/aromatic N) is 1. The predicted octanol–water partition coefficient (Wildman–Crippen LogP) is 4.83. The van der Waals surface area contributed by atoms with E-state index in [4.69, 9.17) is 0 Å². The van der Waals surface area contributed by atoms with Crippen LogP contribution in [0.25, 0.3) is 0 Å². The van der Waals surface area contributed by atoms with E-state index in [0.717, 1.165) is 10.8 Å². The molecule has 3 nitrogen and oxygen atoms in total. The molecule has 1 unspecified atom stereocenters. The lowest BCUT2D eigenvalue weighted by Gasteiger charge is -2.28. The van der Waals surface area contributed by atoms with E-state index in [0.29, 0.717) is 31.8 Å². The Labute approximate surface area is 152 Å². The largest absolute Gasteiger partial charge is 0.393 e. The molecule has 140 valence electrons. The SMILES string of the molecule is CC(C)C.C\C=C(/C=C\C(=C/C)S(=O)N1CCC(O)CC1)C(C)C. The van der Waals surface area contributed by atoms with Crippen LogP contribution < -0.4 is 0 Å². The number of hydrogen-bond donors (Lipinski definition) is 1. The maximum atomic E-state index is 12.5. The smallest absolute Gasteiger partial charge is 0.127 e. The van der Waals surface area contributed by atoms with E-state index in [1.54, 1.807) is 0 Å². The number of piperidine rings is 1. The van der Waals surface area contributed by atoms with Crippen LogP contribution in [0.5, 0.6) is 0 Å². The molecule has 0 spiro atoms. The zero-order chi connectivity index (χ0) is 18.7. The van der Waals surface area contributed by atoms with Gasteiger partial charge in [-0.25, -0.2) is 8.51 Å². The van der Waals surface area contributed by atoms with Crippen LogP contribution in [0.3, 0.4) is 0 Å². The average molecular weight is 356 g/mol. The summed E-state index contributed by atoms with van der Waals surface area (Å²) < 4.78 is 14.5. The lowest BCUT2D eigenvalue weighted by molar-refractivity contribution is 0.115. The lowest BCUT2D eigenvalue weighted by Crippen LogP contribution is -2.37. The minimum Gasteiger partial charge on any atom is -0.393 e. The fraction of sp³-hybridized carbons (Fsp3) is 0.700. The molecule has 1 aliphatic heterocycles. The number of aliphatic hydroxyl groups excluding tert-OH is 1. The summed E-state index contributed by atoms with van der Waals surface area (Å²) in [6.07, 6.45) is 9.19. The highest BCUT2D eigenvalue weighted by molar-refractivity contribution is 7.86. The van der Waals surface area contributed by atoms with Crippen LogP contribution in [0.1, 0.15) is 61.3 Å². The van der Waals surface area contributed by atoms with Gasteiger partial charge in [0, 0.05) is 13.1 Å². The number of rotatable bonds is 5. The van der Waals surface area contributed by atoms with Crippen LogP contribution in [-0.2, 0) is 11.0 Å². The number of allylic oxidation sites excluding steroid dienone is 5. The topological polar surface area (TPSA) is 40.5 Å². The number of hydrogen-bond acceptors (Lipinski definition) is 2. The Balaban J connectivity index is 0.00000118. The van der Waals surface area contributed by atoms with E-state index >= 15 is 0 Å². The summed E-state index contributed by atoms with van der Waals surface area (Å²) in [5.41, 5.74) is 1.25. The van der Waals surface area contributed by atoms with Crippen molar-refractivity contribution in [3.8, 4) is 0 Å². The fourth-order valence-corrected chi connectivity index (χ4v) is 3.44. The molecular formula is C20H37NO2S. The van der Waals surface area contributed by atoms with Crippen LogP contribution in [0.4, 0.5) is 0 Å². The van der Waals surface area contributed by atoms with Crippen molar-refractivity contribution in [2.75, 3.05) is 13.1 Å². The van der Waals surface area contributed by atoms with Crippen LogP contribution in [-0.4, -0.2) is 32.8 Å². The molecule has 1 saturated heterocycles. The van der Waals surface area contributed by atoms with Crippen molar-refractivity contribution in [2.45, 2.75) is 67.4 Å². The Morgan fingerprint density at radius 3 is 1.92 bits per heavy atom. The fourth-order valence-electron chi connectivity index (χ4n) is 2.21. The van der Waals surface area contributed by atoms with E-state index in [-0.39, 0.29) is 6.10 Å². The van der Waals surface area contributed by atoms with E-state index in [1.165, 1.54) is 5.57 Å². The van der Waals surface area contributed by atoms with Crippen molar-refractivity contribution in [1.29, 1.82) is 0 Å². The molecular weight excluding hydrogens is 318 g/mol. The molecule has 4 heteroatoms. The van der Waals surface area contributed by atoms with Gasteiger partial charge in [0.25, 0.3) is 0 Å². The first kappa shape index (κ1) is 23.3. The Morgan fingerprint density at radius 1 is 1.04 bits per heavy atom. The van der Waals surface area contributed by atoms with Crippen LogP contribution in [0.15, 0.2) is 34.8 Å². The third-order valence-electron chi connectivity index (χ3n) is 3.58. The molecule has 0 aromatic heterocycles. The third-order valence-corrected chi connectivity index (χ3v) is 5.19. The highest BCUT2D eigenvalue weighted by atomic mass is 32.2. The van der Waals surface area contributed by atoms with E-state index in [2.05, 4.69) is 46.8 Å². The summed E-state index contributed by atoms with van der Waals surface area (Å²) in [6.45, 7) is 16.1. The number of aliphatic hydroxyl groups is 1.